The molecule has 0 amide bonds. The Morgan fingerprint density at radius 2 is 1.95 bits per heavy atom. The summed E-state index contributed by atoms with van der Waals surface area (Å²) in [4.78, 5) is 16.0. The van der Waals surface area contributed by atoms with Gasteiger partial charge in [-0.3, -0.25) is 9.78 Å². The lowest BCUT2D eigenvalue weighted by molar-refractivity contribution is 0.0988. The van der Waals surface area contributed by atoms with Gasteiger partial charge in [-0.05, 0) is 29.8 Å². The number of ketones is 1. The molecule has 0 aliphatic carbocycles. The van der Waals surface area contributed by atoms with E-state index in [1.54, 1.807) is 31.6 Å². The Morgan fingerprint density at radius 1 is 1.21 bits per heavy atom. The van der Waals surface area contributed by atoms with Crippen LogP contribution in [0.2, 0.25) is 0 Å². The molecule has 0 fully saturated rings. The second kappa shape index (κ2) is 6.66. The molecule has 0 atom stereocenters. The molecule has 4 heteroatoms. The molecule has 2 aromatic rings. The molecule has 0 radical (unpaired) electrons. The predicted octanol–water partition coefficient (Wildman–Crippen LogP) is 2.06. The van der Waals surface area contributed by atoms with Crippen LogP contribution in [0.5, 0.6) is 5.75 Å². The van der Waals surface area contributed by atoms with Gasteiger partial charge < -0.3 is 10.1 Å². The molecule has 0 bridgehead atoms. The summed E-state index contributed by atoms with van der Waals surface area (Å²) in [5, 5.41) is 3.12. The molecule has 1 aromatic heterocycles. The number of Topliss-reactive ketones (excluding diaryl/α,β-unsaturated/α-hetero) is 1. The average Bonchev–Trinajstić information content (AvgIpc) is 2.48. The molecule has 1 N–H and O–H groups in total. The standard InChI is InChI=1S/C15H16N2O2/c1-19-15-5-3-2-4-13(15)14(18)11-17-10-12-6-8-16-9-7-12/h2-9,17H,10-11H2,1H3. The summed E-state index contributed by atoms with van der Waals surface area (Å²) < 4.78 is 5.17. The Kier molecular flexibility index (Phi) is 4.64. The van der Waals surface area contributed by atoms with Crippen molar-refractivity contribution in [2.24, 2.45) is 0 Å². The van der Waals surface area contributed by atoms with E-state index in [4.69, 9.17) is 4.74 Å². The molecule has 0 aliphatic heterocycles. The van der Waals surface area contributed by atoms with Crippen molar-refractivity contribution in [1.29, 1.82) is 0 Å². The van der Waals surface area contributed by atoms with Gasteiger partial charge in [0, 0.05) is 18.9 Å². The number of nitrogens with zero attached hydrogens (tertiary/aromatic N) is 1. The lowest BCUT2D eigenvalue weighted by Gasteiger charge is -2.08. The lowest BCUT2D eigenvalue weighted by Crippen LogP contribution is -2.23. The van der Waals surface area contributed by atoms with Crippen LogP contribution in [0.3, 0.4) is 0 Å². The molecule has 0 spiro atoms. The Balaban J connectivity index is 1.91. The molecule has 2 rings (SSSR count). The predicted molar refractivity (Wildman–Crippen MR) is 73.3 cm³/mol. The summed E-state index contributed by atoms with van der Waals surface area (Å²) in [6, 6.07) is 11.1. The largest absolute Gasteiger partial charge is 0.496 e. The SMILES string of the molecule is COc1ccccc1C(=O)CNCc1ccncc1. The van der Waals surface area contributed by atoms with Gasteiger partial charge in [0.05, 0.1) is 19.2 Å². The van der Waals surface area contributed by atoms with Crippen LogP contribution in [0, 0.1) is 0 Å². The lowest BCUT2D eigenvalue weighted by atomic mass is 10.1. The van der Waals surface area contributed by atoms with Gasteiger partial charge in [-0.25, -0.2) is 0 Å². The van der Waals surface area contributed by atoms with Crippen molar-refractivity contribution < 1.29 is 9.53 Å². The van der Waals surface area contributed by atoms with E-state index >= 15 is 0 Å². The monoisotopic (exact) mass is 256 g/mol. The van der Waals surface area contributed by atoms with Crippen LogP contribution in [-0.2, 0) is 6.54 Å². The Morgan fingerprint density at radius 3 is 2.68 bits per heavy atom. The number of carbonyl (C=O) groups is 1. The number of ether oxygens (including phenoxy) is 1. The first-order chi connectivity index (χ1) is 9.31. The summed E-state index contributed by atoms with van der Waals surface area (Å²) in [5.74, 6) is 0.629. The van der Waals surface area contributed by atoms with Crippen LogP contribution >= 0.6 is 0 Å². The minimum Gasteiger partial charge on any atom is -0.496 e. The zero-order chi connectivity index (χ0) is 13.5. The van der Waals surface area contributed by atoms with E-state index in [0.717, 1.165) is 5.56 Å². The van der Waals surface area contributed by atoms with Crippen molar-refractivity contribution in [3.8, 4) is 5.75 Å². The van der Waals surface area contributed by atoms with E-state index in [1.807, 2.05) is 24.3 Å². The summed E-state index contributed by atoms with van der Waals surface area (Å²) in [7, 11) is 1.57. The van der Waals surface area contributed by atoms with Gasteiger partial charge in [0.2, 0.25) is 0 Å². The third kappa shape index (κ3) is 3.63. The number of aromatic nitrogens is 1. The fraction of sp³-hybridized carbons (Fsp3) is 0.200. The summed E-state index contributed by atoms with van der Waals surface area (Å²) in [6.07, 6.45) is 3.47. The number of carbonyl (C=O) groups excluding carboxylic acids is 1. The number of para-hydroxylation sites is 1. The minimum atomic E-state index is 0.0199. The van der Waals surface area contributed by atoms with E-state index in [0.29, 0.717) is 17.9 Å². The van der Waals surface area contributed by atoms with Crippen LogP contribution in [-0.4, -0.2) is 24.4 Å². The molecule has 0 saturated carbocycles. The van der Waals surface area contributed by atoms with Crippen LogP contribution in [0.15, 0.2) is 48.8 Å². The first-order valence-electron chi connectivity index (χ1n) is 6.07. The molecule has 0 unspecified atom stereocenters. The van der Waals surface area contributed by atoms with Crippen molar-refractivity contribution in [1.82, 2.24) is 10.3 Å². The van der Waals surface area contributed by atoms with Crippen molar-refractivity contribution in [2.45, 2.75) is 6.54 Å². The van der Waals surface area contributed by atoms with Gasteiger partial charge in [-0.15, -0.1) is 0 Å². The number of nitrogens with one attached hydrogen (secondary N) is 1. The third-order valence-electron chi connectivity index (χ3n) is 2.77. The fourth-order valence-electron chi connectivity index (χ4n) is 1.79. The molecule has 98 valence electrons. The highest BCUT2D eigenvalue weighted by Gasteiger charge is 2.10. The molecule has 0 aliphatic rings. The fourth-order valence-corrected chi connectivity index (χ4v) is 1.79. The molecule has 4 nitrogen and oxygen atoms in total. The van der Waals surface area contributed by atoms with Gasteiger partial charge in [0.15, 0.2) is 5.78 Å². The first kappa shape index (κ1) is 13.2. The van der Waals surface area contributed by atoms with Crippen LogP contribution in [0.4, 0.5) is 0 Å². The summed E-state index contributed by atoms with van der Waals surface area (Å²) >= 11 is 0. The van der Waals surface area contributed by atoms with Crippen LogP contribution in [0.25, 0.3) is 0 Å². The number of rotatable bonds is 6. The number of methoxy groups -OCH3 is 1. The number of hydrogen-bond donors (Lipinski definition) is 1. The average molecular weight is 256 g/mol. The second-order valence-electron chi connectivity index (χ2n) is 4.08. The highest BCUT2D eigenvalue weighted by atomic mass is 16.5. The highest BCUT2D eigenvalue weighted by Crippen LogP contribution is 2.17. The molecule has 0 saturated heterocycles. The van der Waals surface area contributed by atoms with Crippen molar-refractivity contribution in [3.63, 3.8) is 0 Å². The van der Waals surface area contributed by atoms with Crippen LogP contribution < -0.4 is 10.1 Å². The maximum Gasteiger partial charge on any atom is 0.180 e. The van der Waals surface area contributed by atoms with Gasteiger partial charge >= 0.3 is 0 Å². The van der Waals surface area contributed by atoms with Gasteiger partial charge in [0.1, 0.15) is 5.75 Å². The zero-order valence-electron chi connectivity index (χ0n) is 10.8. The smallest absolute Gasteiger partial charge is 0.180 e. The number of pyridine rings is 1. The van der Waals surface area contributed by atoms with E-state index < -0.39 is 0 Å². The normalized spacial score (nSPS) is 10.2. The maximum absolute atomic E-state index is 12.1. The zero-order valence-corrected chi connectivity index (χ0v) is 10.8. The van der Waals surface area contributed by atoms with Gasteiger partial charge in [0.25, 0.3) is 0 Å². The highest BCUT2D eigenvalue weighted by molar-refractivity contribution is 6.00. The molecule has 1 heterocycles. The number of benzene rings is 1. The quantitative estimate of drug-likeness (QED) is 0.804. The molecule has 1 aromatic carbocycles. The van der Waals surface area contributed by atoms with E-state index in [1.165, 1.54) is 0 Å². The third-order valence-corrected chi connectivity index (χ3v) is 2.77. The van der Waals surface area contributed by atoms with E-state index in [9.17, 15) is 4.79 Å². The van der Waals surface area contributed by atoms with Crippen LogP contribution in [0.1, 0.15) is 15.9 Å². The van der Waals surface area contributed by atoms with Crippen molar-refractivity contribution in [3.05, 3.63) is 59.9 Å². The summed E-state index contributed by atoms with van der Waals surface area (Å²) in [5.41, 5.74) is 1.70. The molecule has 19 heavy (non-hydrogen) atoms. The Hall–Kier alpha value is -2.20. The first-order valence-corrected chi connectivity index (χ1v) is 6.07. The van der Waals surface area contributed by atoms with E-state index in [2.05, 4.69) is 10.3 Å². The molecular formula is C15H16N2O2. The molecular weight excluding hydrogens is 240 g/mol. The van der Waals surface area contributed by atoms with Gasteiger partial charge in [-0.2, -0.15) is 0 Å². The Labute approximate surface area is 112 Å². The Bertz CT molecular complexity index is 541. The maximum atomic E-state index is 12.1. The van der Waals surface area contributed by atoms with E-state index in [-0.39, 0.29) is 12.3 Å². The minimum absolute atomic E-state index is 0.0199. The topological polar surface area (TPSA) is 51.2 Å². The summed E-state index contributed by atoms with van der Waals surface area (Å²) in [6.45, 7) is 0.923. The van der Waals surface area contributed by atoms with Crippen molar-refractivity contribution in [2.75, 3.05) is 13.7 Å². The van der Waals surface area contributed by atoms with Gasteiger partial charge in [-0.1, -0.05) is 12.1 Å². The van der Waals surface area contributed by atoms with Crippen molar-refractivity contribution >= 4 is 5.78 Å². The second-order valence-corrected chi connectivity index (χ2v) is 4.08. The number of hydrogen-bond acceptors (Lipinski definition) is 4.